The molecule has 3 aliphatic rings. The Hall–Kier alpha value is -1.94. The number of halogens is 1. The largest absolute Gasteiger partial charge is 0.458 e. The van der Waals surface area contributed by atoms with E-state index in [4.69, 9.17) is 14.2 Å². The minimum atomic E-state index is -0.579. The number of hydrogen-bond donors (Lipinski definition) is 0. The predicted octanol–water partition coefficient (Wildman–Crippen LogP) is 6.31. The number of fused-ring (bicyclic) bond motifs is 1. The van der Waals surface area contributed by atoms with Crippen molar-refractivity contribution in [3.05, 3.63) is 46.5 Å². The molecule has 2 aliphatic carbocycles. The fourth-order valence-electron chi connectivity index (χ4n) is 5.64. The number of carbonyl (C=O) groups is 2. The summed E-state index contributed by atoms with van der Waals surface area (Å²) in [7, 11) is 0. The highest BCUT2D eigenvalue weighted by atomic mass is 79.9. The van der Waals surface area contributed by atoms with E-state index in [1.165, 1.54) is 0 Å². The van der Waals surface area contributed by atoms with Gasteiger partial charge in [-0.1, -0.05) is 52.0 Å². The Kier molecular flexibility index (Phi) is 8.44. The molecule has 1 aromatic rings. The van der Waals surface area contributed by atoms with Crippen LogP contribution in [-0.4, -0.2) is 36.9 Å². The second kappa shape index (κ2) is 11.2. The van der Waals surface area contributed by atoms with Crippen molar-refractivity contribution in [3.63, 3.8) is 0 Å². The van der Waals surface area contributed by atoms with Crippen LogP contribution in [0, 0.1) is 40.9 Å². The van der Waals surface area contributed by atoms with E-state index in [9.17, 15) is 9.59 Å². The summed E-state index contributed by atoms with van der Waals surface area (Å²) < 4.78 is 19.2. The summed E-state index contributed by atoms with van der Waals surface area (Å²) in [4.78, 5) is 26.0. The number of hydrogen-bond acceptors (Lipinski definition) is 5. The average Bonchev–Trinajstić information content (AvgIpc) is 3.36. The zero-order chi connectivity index (χ0) is 25.9. The summed E-state index contributed by atoms with van der Waals surface area (Å²) in [5, 5.41) is 0. The zero-order valence-corrected chi connectivity index (χ0v) is 23.3. The van der Waals surface area contributed by atoms with Crippen LogP contribution >= 0.6 is 15.9 Å². The number of Topliss-reactive ketones (excluding diaryl/α,β-unsaturated/α-hetero) is 1. The molecule has 1 aliphatic heterocycles. The van der Waals surface area contributed by atoms with Crippen LogP contribution in [0.3, 0.4) is 0 Å². The standard InChI is InChI=1S/C30H37BrO5/c1-5-6-8-11-20(2)27(32)25(31)15-23-24-17-30(34-18-29(3,4)19-35-30)16-22(24)14-26(23)36-28(33)21-12-9-7-10-13-21/h7,9-10,12-13,15,20,22-24,26H,5,11,14,16-19H2,1-4H3/t20-,22?,23+,24-,26+/m0/s1. The molecule has 194 valence electrons. The summed E-state index contributed by atoms with van der Waals surface area (Å²) in [6, 6.07) is 9.07. The van der Waals surface area contributed by atoms with Gasteiger partial charge in [-0.25, -0.2) is 4.79 Å². The average molecular weight is 558 g/mol. The molecule has 5 nitrogen and oxygen atoms in total. The third kappa shape index (κ3) is 6.13. The highest BCUT2D eigenvalue weighted by Crippen LogP contribution is 2.56. The Morgan fingerprint density at radius 2 is 1.86 bits per heavy atom. The molecule has 3 fully saturated rings. The molecule has 0 aromatic heterocycles. The van der Waals surface area contributed by atoms with Gasteiger partial charge in [0.25, 0.3) is 0 Å². The molecule has 1 heterocycles. The Balaban J connectivity index is 1.54. The van der Waals surface area contributed by atoms with Gasteiger partial charge in [0.1, 0.15) is 6.10 Å². The quantitative estimate of drug-likeness (QED) is 0.233. The number of ketones is 1. The first-order valence-electron chi connectivity index (χ1n) is 13.0. The number of rotatable bonds is 6. The first kappa shape index (κ1) is 27.1. The van der Waals surface area contributed by atoms with Crippen molar-refractivity contribution >= 4 is 27.7 Å². The first-order chi connectivity index (χ1) is 17.1. The molecular weight excluding hydrogens is 520 g/mol. The second-order valence-electron chi connectivity index (χ2n) is 11.3. The van der Waals surface area contributed by atoms with Gasteiger partial charge >= 0.3 is 5.97 Å². The molecule has 1 unspecified atom stereocenters. The van der Waals surface area contributed by atoms with E-state index in [0.29, 0.717) is 35.6 Å². The first-order valence-corrected chi connectivity index (χ1v) is 13.8. The van der Waals surface area contributed by atoms with Crippen LogP contribution in [0.15, 0.2) is 40.9 Å². The van der Waals surface area contributed by atoms with Crippen molar-refractivity contribution < 1.29 is 23.8 Å². The molecule has 1 saturated heterocycles. The van der Waals surface area contributed by atoms with Crippen molar-refractivity contribution in [1.82, 2.24) is 0 Å². The summed E-state index contributed by atoms with van der Waals surface area (Å²) >= 11 is 3.56. The number of ether oxygens (including phenoxy) is 3. The van der Waals surface area contributed by atoms with Crippen LogP contribution in [0.2, 0.25) is 0 Å². The van der Waals surface area contributed by atoms with Gasteiger partial charge in [-0.05, 0) is 46.3 Å². The Labute approximate surface area is 223 Å². The number of esters is 1. The van der Waals surface area contributed by atoms with E-state index in [0.717, 1.165) is 25.7 Å². The van der Waals surface area contributed by atoms with E-state index < -0.39 is 5.79 Å². The Bertz CT molecular complexity index is 1040. The van der Waals surface area contributed by atoms with Crippen LogP contribution < -0.4 is 0 Å². The minimum absolute atomic E-state index is 0.00224. The zero-order valence-electron chi connectivity index (χ0n) is 21.7. The fraction of sp³-hybridized carbons (Fsp3) is 0.600. The SMILES string of the molecule is CCC#CC[C@H](C)C(=O)C(Br)=C[C@H]1[C@H](OC(=O)c2ccccc2)CC2CC3(C[C@@H]21)OCC(C)(C)CO3. The van der Waals surface area contributed by atoms with Crippen molar-refractivity contribution in [2.45, 2.75) is 71.7 Å². The molecule has 0 bridgehead atoms. The van der Waals surface area contributed by atoms with Gasteiger partial charge in [-0.2, -0.15) is 0 Å². The van der Waals surface area contributed by atoms with Gasteiger partial charge < -0.3 is 14.2 Å². The van der Waals surface area contributed by atoms with Crippen LogP contribution in [-0.2, 0) is 19.0 Å². The monoisotopic (exact) mass is 556 g/mol. The molecule has 4 rings (SSSR count). The maximum Gasteiger partial charge on any atom is 0.338 e. The molecule has 0 radical (unpaired) electrons. The van der Waals surface area contributed by atoms with Crippen molar-refractivity contribution in [1.29, 1.82) is 0 Å². The van der Waals surface area contributed by atoms with E-state index in [1.54, 1.807) is 12.1 Å². The van der Waals surface area contributed by atoms with Gasteiger partial charge in [0.15, 0.2) is 11.6 Å². The van der Waals surface area contributed by atoms with E-state index >= 15 is 0 Å². The maximum absolute atomic E-state index is 13.1. The van der Waals surface area contributed by atoms with Gasteiger partial charge in [-0.15, -0.1) is 11.8 Å². The van der Waals surface area contributed by atoms with Gasteiger partial charge in [0.2, 0.25) is 0 Å². The molecule has 0 N–H and O–H groups in total. The topological polar surface area (TPSA) is 61.8 Å². The van der Waals surface area contributed by atoms with Crippen molar-refractivity contribution in [2.24, 2.45) is 29.1 Å². The van der Waals surface area contributed by atoms with E-state index in [-0.39, 0.29) is 41.0 Å². The molecule has 1 spiro atoms. The third-order valence-corrected chi connectivity index (χ3v) is 8.29. The van der Waals surface area contributed by atoms with Crippen LogP contribution in [0.4, 0.5) is 0 Å². The highest BCUT2D eigenvalue weighted by molar-refractivity contribution is 9.12. The van der Waals surface area contributed by atoms with E-state index in [1.807, 2.05) is 38.1 Å². The Morgan fingerprint density at radius 3 is 2.53 bits per heavy atom. The van der Waals surface area contributed by atoms with Crippen LogP contribution in [0.25, 0.3) is 0 Å². The third-order valence-electron chi connectivity index (χ3n) is 7.64. The molecule has 5 atom stereocenters. The molecule has 2 saturated carbocycles. The van der Waals surface area contributed by atoms with Crippen molar-refractivity contribution in [3.8, 4) is 11.8 Å². The summed E-state index contributed by atoms with van der Waals surface area (Å²) in [6.45, 7) is 9.53. The number of carbonyl (C=O) groups excluding carboxylic acids is 2. The van der Waals surface area contributed by atoms with Gasteiger partial charge in [-0.3, -0.25) is 4.79 Å². The molecular formula is C30H37BrO5. The Morgan fingerprint density at radius 1 is 1.17 bits per heavy atom. The van der Waals surface area contributed by atoms with Crippen LogP contribution in [0.1, 0.15) is 70.2 Å². The number of benzene rings is 1. The number of allylic oxidation sites excluding steroid dienone is 1. The maximum atomic E-state index is 13.1. The van der Waals surface area contributed by atoms with E-state index in [2.05, 4.69) is 41.6 Å². The molecule has 1 aromatic carbocycles. The highest BCUT2D eigenvalue weighted by Gasteiger charge is 2.57. The minimum Gasteiger partial charge on any atom is -0.458 e. The van der Waals surface area contributed by atoms with Gasteiger partial charge in [0.05, 0.1) is 23.3 Å². The summed E-state index contributed by atoms with van der Waals surface area (Å²) in [5.41, 5.74) is 0.538. The normalized spacial score (nSPS) is 29.2. The lowest BCUT2D eigenvalue weighted by molar-refractivity contribution is -0.298. The lowest BCUT2D eigenvalue weighted by atomic mass is 9.89. The predicted molar refractivity (Wildman–Crippen MR) is 142 cm³/mol. The second-order valence-corrected chi connectivity index (χ2v) is 12.2. The summed E-state index contributed by atoms with van der Waals surface area (Å²) in [5.74, 6) is 5.42. The smallest absolute Gasteiger partial charge is 0.338 e. The molecule has 6 heteroatoms. The van der Waals surface area contributed by atoms with Crippen molar-refractivity contribution in [2.75, 3.05) is 13.2 Å². The lowest BCUT2D eigenvalue weighted by Crippen LogP contribution is -2.46. The molecule has 36 heavy (non-hydrogen) atoms. The lowest BCUT2D eigenvalue weighted by Gasteiger charge is -2.42. The van der Waals surface area contributed by atoms with Crippen LogP contribution in [0.5, 0.6) is 0 Å². The summed E-state index contributed by atoms with van der Waals surface area (Å²) in [6.07, 6.45) is 5.23. The fourth-order valence-corrected chi connectivity index (χ4v) is 6.34. The molecule has 0 amide bonds. The van der Waals surface area contributed by atoms with Gasteiger partial charge in [0, 0.05) is 42.9 Å².